The van der Waals surface area contributed by atoms with Gasteiger partial charge in [0.1, 0.15) is 11.4 Å². The summed E-state index contributed by atoms with van der Waals surface area (Å²) in [6.45, 7) is 4.96. The van der Waals surface area contributed by atoms with Crippen molar-refractivity contribution in [1.82, 2.24) is 24.3 Å². The molecule has 178 valence electrons. The van der Waals surface area contributed by atoms with Crippen LogP contribution in [0.5, 0.6) is 0 Å². The number of hydrogen-bond donors (Lipinski definition) is 2. The Morgan fingerprint density at radius 3 is 2.77 bits per heavy atom. The number of aromatic nitrogens is 5. The minimum Gasteiger partial charge on any atom is -0.368 e. The Morgan fingerprint density at radius 1 is 1.17 bits per heavy atom. The van der Waals surface area contributed by atoms with Gasteiger partial charge in [-0.25, -0.2) is 9.97 Å². The topological polar surface area (TPSA) is 124 Å². The van der Waals surface area contributed by atoms with E-state index >= 15 is 0 Å². The lowest BCUT2D eigenvalue weighted by atomic mass is 10.1. The molecule has 0 atom stereocenters. The molecule has 3 aromatic heterocycles. The summed E-state index contributed by atoms with van der Waals surface area (Å²) in [4.78, 5) is 36.9. The largest absolute Gasteiger partial charge is 0.368 e. The Hall–Kier alpha value is -4.47. The average molecular weight is 471 g/mol. The van der Waals surface area contributed by atoms with E-state index in [1.807, 2.05) is 32.0 Å². The predicted molar refractivity (Wildman–Crippen MR) is 134 cm³/mol. The number of rotatable bonds is 4. The van der Waals surface area contributed by atoms with Crippen LogP contribution in [-0.2, 0) is 20.0 Å². The van der Waals surface area contributed by atoms with Gasteiger partial charge in [-0.1, -0.05) is 6.07 Å². The number of nitrogens with one attached hydrogen (secondary N) is 1. The molecule has 0 bridgehead atoms. The van der Waals surface area contributed by atoms with Crippen molar-refractivity contribution < 1.29 is 4.79 Å². The second-order valence-electron chi connectivity index (χ2n) is 8.69. The molecular formula is C25H26N8O2. The first-order valence-electron chi connectivity index (χ1n) is 11.3. The van der Waals surface area contributed by atoms with Crippen LogP contribution in [0.15, 0.2) is 53.6 Å². The lowest BCUT2D eigenvalue weighted by Gasteiger charge is -2.30. The number of amides is 1. The fraction of sp³-hybridized carbons (Fsp3) is 0.240. The number of hydrogen-bond acceptors (Lipinski definition) is 7. The van der Waals surface area contributed by atoms with E-state index in [0.29, 0.717) is 42.3 Å². The lowest BCUT2D eigenvalue weighted by Crippen LogP contribution is -2.37. The van der Waals surface area contributed by atoms with Gasteiger partial charge >= 0.3 is 0 Å². The van der Waals surface area contributed by atoms with Crippen LogP contribution in [-0.4, -0.2) is 36.8 Å². The third kappa shape index (κ3) is 4.25. The molecule has 3 N–H and O–H groups in total. The van der Waals surface area contributed by atoms with Crippen molar-refractivity contribution in [1.29, 1.82) is 0 Å². The summed E-state index contributed by atoms with van der Waals surface area (Å²) < 4.78 is 3.14. The smallest absolute Gasteiger partial charge is 0.278 e. The third-order valence-electron chi connectivity index (χ3n) is 6.15. The number of benzene rings is 1. The quantitative estimate of drug-likeness (QED) is 0.469. The van der Waals surface area contributed by atoms with Gasteiger partial charge in [0.15, 0.2) is 0 Å². The highest BCUT2D eigenvalue weighted by atomic mass is 16.2. The van der Waals surface area contributed by atoms with E-state index in [1.165, 1.54) is 0 Å². The van der Waals surface area contributed by atoms with Crippen LogP contribution >= 0.6 is 0 Å². The van der Waals surface area contributed by atoms with E-state index in [4.69, 9.17) is 5.73 Å². The van der Waals surface area contributed by atoms with Crippen LogP contribution in [0, 0.1) is 13.8 Å². The highest BCUT2D eigenvalue weighted by Crippen LogP contribution is 2.24. The van der Waals surface area contributed by atoms with Crippen molar-refractivity contribution in [3.63, 3.8) is 0 Å². The van der Waals surface area contributed by atoms with E-state index in [0.717, 1.165) is 22.5 Å². The molecule has 0 radical (unpaired) electrons. The lowest BCUT2D eigenvalue weighted by molar-refractivity contribution is 0.101. The van der Waals surface area contributed by atoms with Gasteiger partial charge in [0.25, 0.3) is 11.5 Å². The normalized spacial score (nSPS) is 12.9. The molecule has 1 aromatic carbocycles. The number of nitrogens with zero attached hydrogens (tertiary/aromatic N) is 6. The zero-order valence-corrected chi connectivity index (χ0v) is 19.8. The van der Waals surface area contributed by atoms with Gasteiger partial charge in [-0.15, -0.1) is 0 Å². The molecule has 0 saturated carbocycles. The molecule has 35 heavy (non-hydrogen) atoms. The molecule has 0 saturated heterocycles. The van der Waals surface area contributed by atoms with Gasteiger partial charge in [0.2, 0.25) is 5.95 Å². The third-order valence-corrected chi connectivity index (χ3v) is 6.15. The van der Waals surface area contributed by atoms with E-state index in [1.54, 1.807) is 46.9 Å². The van der Waals surface area contributed by atoms with Crippen molar-refractivity contribution in [2.45, 2.75) is 26.8 Å². The van der Waals surface area contributed by atoms with Gasteiger partial charge < -0.3 is 16.0 Å². The Kier molecular flexibility index (Phi) is 5.56. The summed E-state index contributed by atoms with van der Waals surface area (Å²) in [7, 11) is 1.73. The van der Waals surface area contributed by atoms with Crippen LogP contribution in [0.2, 0.25) is 0 Å². The van der Waals surface area contributed by atoms with Crippen molar-refractivity contribution in [3.05, 3.63) is 87.4 Å². The first-order chi connectivity index (χ1) is 16.8. The minimum absolute atomic E-state index is 0.129. The van der Waals surface area contributed by atoms with E-state index in [9.17, 15) is 9.59 Å². The number of anilines is 3. The monoisotopic (exact) mass is 470 g/mol. The fourth-order valence-electron chi connectivity index (χ4n) is 4.48. The van der Waals surface area contributed by atoms with Gasteiger partial charge in [0, 0.05) is 50.2 Å². The van der Waals surface area contributed by atoms with E-state index in [-0.39, 0.29) is 17.4 Å². The summed E-state index contributed by atoms with van der Waals surface area (Å²) in [6, 6.07) is 10.9. The highest BCUT2D eigenvalue weighted by molar-refractivity contribution is 6.03. The van der Waals surface area contributed by atoms with E-state index < -0.39 is 0 Å². The zero-order valence-electron chi connectivity index (χ0n) is 19.8. The number of fused-ring (bicyclic) bond motifs is 1. The van der Waals surface area contributed by atoms with Crippen molar-refractivity contribution in [2.75, 3.05) is 22.5 Å². The maximum Gasteiger partial charge on any atom is 0.278 e. The summed E-state index contributed by atoms with van der Waals surface area (Å²) >= 11 is 0. The highest BCUT2D eigenvalue weighted by Gasteiger charge is 2.23. The molecule has 1 aliphatic heterocycles. The Labute approximate surface area is 202 Å². The van der Waals surface area contributed by atoms with Crippen molar-refractivity contribution in [3.8, 4) is 5.69 Å². The summed E-state index contributed by atoms with van der Waals surface area (Å²) in [5.74, 6) is -0.00187. The molecule has 1 amide bonds. The number of aryl methyl sites for hydroxylation is 3. The second-order valence-corrected chi connectivity index (χ2v) is 8.69. The molecule has 0 fully saturated rings. The average Bonchev–Trinajstić information content (AvgIpc) is 3.17. The van der Waals surface area contributed by atoms with Crippen LogP contribution < -0.4 is 21.5 Å². The Morgan fingerprint density at radius 2 is 2.00 bits per heavy atom. The number of nitrogen functional groups attached to an aromatic ring is 1. The maximum absolute atomic E-state index is 13.6. The minimum atomic E-state index is -0.267. The molecule has 10 heteroatoms. The molecule has 10 nitrogen and oxygen atoms in total. The molecule has 5 rings (SSSR count). The summed E-state index contributed by atoms with van der Waals surface area (Å²) in [6.07, 6.45) is 4.18. The molecule has 4 heterocycles. The van der Waals surface area contributed by atoms with Gasteiger partial charge in [-0.3, -0.25) is 18.8 Å². The maximum atomic E-state index is 13.6. The number of pyridine rings is 1. The number of carbonyl (C=O) groups is 1. The second kappa shape index (κ2) is 8.71. The Bertz CT molecular complexity index is 1500. The fourth-order valence-corrected chi connectivity index (χ4v) is 4.48. The molecule has 0 unspecified atom stereocenters. The van der Waals surface area contributed by atoms with Crippen LogP contribution in [0.3, 0.4) is 0 Å². The SMILES string of the molecule is Cc1cc(C(=O)Nc2cccc(-n3ccc(C)c(N4CCc5nc(N)ncc5C4)c3=O)c2)n(C)n1. The van der Waals surface area contributed by atoms with Crippen LogP contribution in [0.1, 0.15) is 33.0 Å². The van der Waals surface area contributed by atoms with Crippen LogP contribution in [0.25, 0.3) is 5.69 Å². The van der Waals surface area contributed by atoms with Crippen molar-refractivity contribution in [2.24, 2.45) is 7.05 Å². The predicted octanol–water partition coefficient (Wildman–Crippen LogP) is 2.38. The first-order valence-corrected chi connectivity index (χ1v) is 11.3. The summed E-state index contributed by atoms with van der Waals surface area (Å²) in [5, 5.41) is 7.12. The van der Waals surface area contributed by atoms with Gasteiger partial charge in [0.05, 0.1) is 17.1 Å². The van der Waals surface area contributed by atoms with E-state index in [2.05, 4.69) is 25.3 Å². The molecule has 0 spiro atoms. The van der Waals surface area contributed by atoms with Crippen molar-refractivity contribution >= 4 is 23.2 Å². The molecule has 4 aromatic rings. The summed E-state index contributed by atoms with van der Waals surface area (Å²) in [5.41, 5.74) is 11.5. The number of nitrogens with two attached hydrogens (primary N) is 1. The van der Waals surface area contributed by atoms with Gasteiger partial charge in [-0.05, 0) is 49.7 Å². The molecule has 0 aliphatic carbocycles. The standard InChI is InChI=1S/C25H26N8O2/c1-15-7-10-33(24(35)22(15)32-9-8-20-17(14-32)13-27-25(26)29-20)19-6-4-5-18(12-19)28-23(34)21-11-16(2)30-31(21)3/h4-7,10-13H,8-9,14H2,1-3H3,(H,28,34)(H2,26,27,29). The van der Waals surface area contributed by atoms with Crippen LogP contribution in [0.4, 0.5) is 17.3 Å². The first kappa shape index (κ1) is 22.3. The Balaban J connectivity index is 1.45. The zero-order chi connectivity index (χ0) is 24.7. The van der Waals surface area contributed by atoms with Gasteiger partial charge in [-0.2, -0.15) is 5.10 Å². The number of carbonyl (C=O) groups excluding carboxylic acids is 1. The molecule has 1 aliphatic rings. The molecular weight excluding hydrogens is 444 g/mol.